The topological polar surface area (TPSA) is 181 Å². The maximum Gasteiger partial charge on any atom is 0.410 e. The highest BCUT2D eigenvalue weighted by molar-refractivity contribution is 7.14. The third-order valence-electron chi connectivity index (χ3n) is 5.84. The number of hydrogen-bond acceptors (Lipinski definition) is 12. The van der Waals surface area contributed by atoms with Gasteiger partial charge < -0.3 is 29.2 Å². The Morgan fingerprint density at radius 1 is 0.841 bits per heavy atom. The molecule has 4 heterocycles. The molecule has 0 spiro atoms. The molecule has 16 heteroatoms. The zero-order chi connectivity index (χ0) is 32.5. The van der Waals surface area contributed by atoms with Gasteiger partial charge in [0.1, 0.15) is 16.1 Å². The lowest BCUT2D eigenvalue weighted by Crippen LogP contribution is -2.39. The minimum atomic E-state index is -0.520. The van der Waals surface area contributed by atoms with E-state index in [-0.39, 0.29) is 30.6 Å². The molecular formula is C28H43ClN4O9S2. The van der Waals surface area contributed by atoms with Crippen molar-refractivity contribution >= 4 is 59.1 Å². The number of fused-ring (bicyclic) bond motifs is 2. The number of carbonyl (C=O) groups is 4. The van der Waals surface area contributed by atoms with Crippen LogP contribution in [-0.2, 0) is 40.1 Å². The lowest BCUT2D eigenvalue weighted by molar-refractivity contribution is 0.0215. The summed E-state index contributed by atoms with van der Waals surface area (Å²) in [5, 5.41) is 15.1. The van der Waals surface area contributed by atoms with Gasteiger partial charge >= 0.3 is 18.2 Å². The lowest BCUT2D eigenvalue weighted by atomic mass is 10.1. The minimum Gasteiger partial charge on any atom is -0.462 e. The Morgan fingerprint density at radius 2 is 1.25 bits per heavy atom. The van der Waals surface area contributed by atoms with Gasteiger partial charge in [-0.25, -0.2) is 25.8 Å². The van der Waals surface area contributed by atoms with Crippen LogP contribution in [0.1, 0.15) is 88.7 Å². The highest BCUT2D eigenvalue weighted by Gasteiger charge is 2.29. The summed E-state index contributed by atoms with van der Waals surface area (Å²) in [6.07, 6.45) is 0.788. The summed E-state index contributed by atoms with van der Waals surface area (Å²) in [6, 6.07) is 3.54. The molecule has 2 aliphatic rings. The summed E-state index contributed by atoms with van der Waals surface area (Å²) in [5.41, 5.74) is 2.55. The van der Waals surface area contributed by atoms with Gasteiger partial charge in [0.05, 0.1) is 24.6 Å². The second-order valence-corrected chi connectivity index (χ2v) is 13.9. The van der Waals surface area contributed by atoms with E-state index in [4.69, 9.17) is 24.6 Å². The fraction of sp³-hybridized carbons (Fsp3) is 0.571. The maximum absolute atomic E-state index is 12.1. The van der Waals surface area contributed by atoms with Crippen molar-refractivity contribution in [3.05, 3.63) is 42.8 Å². The van der Waals surface area contributed by atoms with Crippen LogP contribution in [0.3, 0.4) is 0 Å². The fourth-order valence-electron chi connectivity index (χ4n) is 4.10. The summed E-state index contributed by atoms with van der Waals surface area (Å²) in [5.74, 6) is 2.69. The Morgan fingerprint density at radius 3 is 1.64 bits per heavy atom. The molecule has 0 atom stereocenters. The van der Waals surface area contributed by atoms with Crippen molar-refractivity contribution in [3.63, 3.8) is 0 Å². The molecule has 0 radical (unpaired) electrons. The number of amides is 3. The van der Waals surface area contributed by atoms with Crippen molar-refractivity contribution in [2.45, 2.75) is 85.6 Å². The van der Waals surface area contributed by atoms with Crippen LogP contribution >= 0.6 is 35.1 Å². The van der Waals surface area contributed by atoms with E-state index in [1.807, 2.05) is 47.6 Å². The van der Waals surface area contributed by atoms with Crippen LogP contribution in [0.5, 0.6) is 0 Å². The highest BCUT2D eigenvalue weighted by atomic mass is 35.5. The summed E-state index contributed by atoms with van der Waals surface area (Å²) in [7, 11) is 0. The molecule has 248 valence electrons. The van der Waals surface area contributed by atoms with Crippen molar-refractivity contribution in [1.29, 1.82) is 0 Å². The van der Waals surface area contributed by atoms with Gasteiger partial charge in [-0.05, 0) is 84.6 Å². The molecule has 2 aromatic rings. The van der Waals surface area contributed by atoms with Crippen molar-refractivity contribution in [2.75, 3.05) is 19.7 Å². The molecule has 2 aliphatic heterocycles. The van der Waals surface area contributed by atoms with E-state index in [1.54, 1.807) is 28.3 Å². The van der Waals surface area contributed by atoms with Gasteiger partial charge in [-0.2, -0.15) is 0 Å². The van der Waals surface area contributed by atoms with Crippen LogP contribution in [0, 0.1) is 0 Å². The summed E-state index contributed by atoms with van der Waals surface area (Å²) in [6.45, 7) is 15.3. The number of hydroxylamine groups is 1. The van der Waals surface area contributed by atoms with Crippen LogP contribution in [0.2, 0.25) is 0 Å². The predicted molar refractivity (Wildman–Crippen MR) is 168 cm³/mol. The Labute approximate surface area is 271 Å². The van der Waals surface area contributed by atoms with E-state index in [9.17, 15) is 19.2 Å². The first-order valence-corrected chi connectivity index (χ1v) is 15.3. The van der Waals surface area contributed by atoms with Crippen molar-refractivity contribution in [1.82, 2.24) is 15.3 Å². The Kier molecular flexibility index (Phi) is 15.0. The zero-order valence-electron chi connectivity index (χ0n) is 26.1. The Bertz CT molecular complexity index is 1280. The van der Waals surface area contributed by atoms with Gasteiger partial charge in [0.15, 0.2) is 0 Å². The standard InChI is InChI=1S/C15H21NO4S.C13H18N2O4S.ClH.H3NO/c1-5-19-13(17)12-8-10-9-16(7-6-11(10)21-12)14(18)20-15(2,3)4;1-13(2,3)19-12(17)15-5-4-9-8(7-15)6-10(20-9)11(16)14-18;;1-2/h8H,5-7,9H2,1-4H3;6,18H,4-5,7H2,1-3H3,(H,14,16);1H;2H,1H2. The second-order valence-electron chi connectivity index (χ2n) is 11.6. The number of esters is 1. The number of nitrogens with two attached hydrogens (primary N) is 1. The third kappa shape index (κ3) is 11.5. The average molecular weight is 679 g/mol. The first-order valence-electron chi connectivity index (χ1n) is 13.7. The minimum absolute atomic E-state index is 0. The maximum atomic E-state index is 12.1. The molecule has 0 aromatic carbocycles. The molecule has 0 aliphatic carbocycles. The number of carbonyl (C=O) groups excluding carboxylic acids is 4. The van der Waals surface area contributed by atoms with E-state index in [2.05, 4.69) is 5.90 Å². The van der Waals surface area contributed by atoms with E-state index >= 15 is 0 Å². The van der Waals surface area contributed by atoms with E-state index in [0.29, 0.717) is 49.0 Å². The van der Waals surface area contributed by atoms with E-state index in [0.717, 1.165) is 27.3 Å². The molecule has 2 aromatic heterocycles. The van der Waals surface area contributed by atoms with Gasteiger partial charge in [-0.1, -0.05) is 0 Å². The fourth-order valence-corrected chi connectivity index (χ4v) is 6.21. The number of thiophene rings is 2. The third-order valence-corrected chi connectivity index (χ3v) is 8.29. The SMILES string of the molecule is CC(C)(C)OC(=O)N1CCc2sc(C(=O)NO)cc2C1.CCOC(=O)c1cc2c(s1)CCN(C(=O)OC(C)(C)C)C2.Cl.NO. The number of halogens is 1. The molecule has 0 saturated heterocycles. The molecule has 0 unspecified atom stereocenters. The van der Waals surface area contributed by atoms with Crippen LogP contribution in [0.4, 0.5) is 9.59 Å². The summed E-state index contributed by atoms with van der Waals surface area (Å²) < 4.78 is 15.7. The first-order chi connectivity index (χ1) is 20.1. The van der Waals surface area contributed by atoms with Crippen molar-refractivity contribution in [2.24, 2.45) is 5.90 Å². The Hall–Kier alpha value is -2.95. The van der Waals surface area contributed by atoms with Crippen molar-refractivity contribution < 1.29 is 43.8 Å². The number of hydrogen-bond donors (Lipinski definition) is 4. The quantitative estimate of drug-likeness (QED) is 0.147. The molecule has 5 N–H and O–H groups in total. The zero-order valence-corrected chi connectivity index (χ0v) is 28.5. The van der Waals surface area contributed by atoms with E-state index < -0.39 is 17.1 Å². The molecular weight excluding hydrogens is 636 g/mol. The smallest absolute Gasteiger partial charge is 0.410 e. The second kappa shape index (κ2) is 16.9. The predicted octanol–water partition coefficient (Wildman–Crippen LogP) is 5.13. The van der Waals surface area contributed by atoms with Gasteiger partial charge in [0, 0.05) is 22.8 Å². The van der Waals surface area contributed by atoms with Crippen molar-refractivity contribution in [3.8, 4) is 0 Å². The first kappa shape index (κ1) is 39.1. The summed E-state index contributed by atoms with van der Waals surface area (Å²) in [4.78, 5) is 53.8. The number of ether oxygens (including phenoxy) is 3. The molecule has 44 heavy (non-hydrogen) atoms. The molecule has 3 amide bonds. The largest absolute Gasteiger partial charge is 0.462 e. The van der Waals surface area contributed by atoms with Crippen LogP contribution in [0.25, 0.3) is 0 Å². The van der Waals surface area contributed by atoms with Gasteiger partial charge in [-0.3, -0.25) is 10.0 Å². The number of nitrogens with one attached hydrogen (secondary N) is 1. The molecule has 0 bridgehead atoms. The van der Waals surface area contributed by atoms with Gasteiger partial charge in [-0.15, -0.1) is 35.1 Å². The van der Waals surface area contributed by atoms with Gasteiger partial charge in [0.25, 0.3) is 5.91 Å². The van der Waals surface area contributed by atoms with Crippen LogP contribution in [-0.4, -0.2) is 75.2 Å². The summed E-state index contributed by atoms with van der Waals surface area (Å²) >= 11 is 2.80. The molecule has 0 fully saturated rings. The van der Waals surface area contributed by atoms with Gasteiger partial charge in [0.2, 0.25) is 0 Å². The van der Waals surface area contributed by atoms with E-state index in [1.165, 1.54) is 22.7 Å². The Balaban J connectivity index is 0.000000408. The lowest BCUT2D eigenvalue weighted by Gasteiger charge is -2.29. The van der Waals surface area contributed by atoms with Crippen LogP contribution in [0.15, 0.2) is 12.1 Å². The normalized spacial score (nSPS) is 13.8. The molecule has 13 nitrogen and oxygen atoms in total. The monoisotopic (exact) mass is 678 g/mol. The molecule has 4 rings (SSSR count). The molecule has 0 saturated carbocycles. The van der Waals surface area contributed by atoms with Crippen LogP contribution < -0.4 is 11.4 Å². The highest BCUT2D eigenvalue weighted by Crippen LogP contribution is 2.30. The number of rotatable bonds is 3. The number of nitrogens with zero attached hydrogens (tertiary/aromatic N) is 2. The average Bonchev–Trinajstić information content (AvgIpc) is 3.56.